The van der Waals surface area contributed by atoms with E-state index in [-0.39, 0.29) is 0 Å². The highest BCUT2D eigenvalue weighted by atomic mass is 16.5. The molecule has 4 heterocycles. The number of nitrogens with zero attached hydrogens (tertiary/aromatic N) is 3. The van der Waals surface area contributed by atoms with Gasteiger partial charge in [0, 0.05) is 52.6 Å². The number of fused-ring (bicyclic) bond motifs is 1. The summed E-state index contributed by atoms with van der Waals surface area (Å²) in [4.78, 5) is 16.7. The topological polar surface area (TPSA) is 63.7 Å². The number of pyridine rings is 3. The Balaban J connectivity index is 1.85. The van der Waals surface area contributed by atoms with Gasteiger partial charge in [-0.1, -0.05) is 13.8 Å². The zero-order valence-electron chi connectivity index (χ0n) is 15.9. The van der Waals surface area contributed by atoms with E-state index in [1.54, 1.807) is 13.3 Å². The fourth-order valence-electron chi connectivity index (χ4n) is 3.25. The maximum atomic E-state index is 5.26. The van der Waals surface area contributed by atoms with Crippen molar-refractivity contribution < 1.29 is 4.74 Å². The van der Waals surface area contributed by atoms with Gasteiger partial charge in [-0.3, -0.25) is 4.98 Å². The maximum Gasteiger partial charge on any atom is 0.213 e. The van der Waals surface area contributed by atoms with Crippen molar-refractivity contribution in [2.45, 2.75) is 26.7 Å². The van der Waals surface area contributed by atoms with E-state index in [0.29, 0.717) is 11.8 Å². The van der Waals surface area contributed by atoms with Gasteiger partial charge in [0.25, 0.3) is 0 Å². The minimum Gasteiger partial charge on any atom is -0.481 e. The third-order valence-electron chi connectivity index (χ3n) is 4.68. The van der Waals surface area contributed by atoms with Gasteiger partial charge < -0.3 is 9.72 Å². The van der Waals surface area contributed by atoms with Crippen LogP contribution in [0, 0.1) is 6.92 Å². The quantitative estimate of drug-likeness (QED) is 0.549. The summed E-state index contributed by atoms with van der Waals surface area (Å²) in [5, 5.41) is 1.07. The van der Waals surface area contributed by atoms with Crippen LogP contribution in [0.5, 0.6) is 5.88 Å². The van der Waals surface area contributed by atoms with E-state index >= 15 is 0 Å². The van der Waals surface area contributed by atoms with Gasteiger partial charge in [-0.15, -0.1) is 0 Å². The second-order valence-electron chi connectivity index (χ2n) is 6.99. The largest absolute Gasteiger partial charge is 0.481 e. The van der Waals surface area contributed by atoms with E-state index in [0.717, 1.165) is 44.7 Å². The highest BCUT2D eigenvalue weighted by Crippen LogP contribution is 2.32. The smallest absolute Gasteiger partial charge is 0.213 e. The molecule has 5 heteroatoms. The van der Waals surface area contributed by atoms with Crippen LogP contribution in [0.3, 0.4) is 0 Å². The summed E-state index contributed by atoms with van der Waals surface area (Å²) in [5.74, 6) is 0.977. The van der Waals surface area contributed by atoms with Gasteiger partial charge in [0.1, 0.15) is 5.65 Å². The molecule has 136 valence electrons. The molecule has 5 nitrogen and oxygen atoms in total. The first-order chi connectivity index (χ1) is 13.0. The molecule has 27 heavy (non-hydrogen) atoms. The molecule has 0 fully saturated rings. The molecule has 0 spiro atoms. The Morgan fingerprint density at radius 2 is 1.85 bits per heavy atom. The Morgan fingerprint density at radius 1 is 1.00 bits per heavy atom. The van der Waals surface area contributed by atoms with Crippen molar-refractivity contribution in [3.8, 4) is 28.1 Å². The van der Waals surface area contributed by atoms with Crippen LogP contribution in [-0.4, -0.2) is 27.0 Å². The lowest BCUT2D eigenvalue weighted by Gasteiger charge is -2.10. The number of rotatable bonds is 4. The number of hydrogen-bond donors (Lipinski definition) is 1. The number of ether oxygens (including phenoxy) is 1. The molecule has 0 aliphatic heterocycles. The second kappa shape index (κ2) is 6.83. The number of aromatic amines is 1. The van der Waals surface area contributed by atoms with Crippen molar-refractivity contribution in [3.05, 3.63) is 60.3 Å². The van der Waals surface area contributed by atoms with Crippen LogP contribution in [0.1, 0.15) is 31.2 Å². The third-order valence-corrected chi connectivity index (χ3v) is 4.68. The summed E-state index contributed by atoms with van der Waals surface area (Å²) in [6.07, 6.45) is 5.65. The van der Waals surface area contributed by atoms with E-state index in [9.17, 15) is 0 Å². The first-order valence-electron chi connectivity index (χ1n) is 9.01. The molecule has 0 unspecified atom stereocenters. The second-order valence-corrected chi connectivity index (χ2v) is 6.99. The van der Waals surface area contributed by atoms with Gasteiger partial charge in [-0.2, -0.15) is 0 Å². The third kappa shape index (κ3) is 3.28. The lowest BCUT2D eigenvalue weighted by atomic mass is 10.0. The first-order valence-corrected chi connectivity index (χ1v) is 9.01. The Hall–Kier alpha value is -3.21. The van der Waals surface area contributed by atoms with Crippen molar-refractivity contribution in [3.63, 3.8) is 0 Å². The van der Waals surface area contributed by atoms with Crippen LogP contribution in [0.4, 0.5) is 0 Å². The molecular weight excluding hydrogens is 336 g/mol. The Bertz CT molecular complexity index is 1110. The SMILES string of the molecule is COc1cc(-c2c[nH]c3ncc(-c4cc(C)nc(C(C)C)c4)cc23)ccn1. The monoisotopic (exact) mass is 358 g/mol. The Labute approximate surface area is 158 Å². The average Bonchev–Trinajstić information content (AvgIpc) is 3.10. The van der Waals surface area contributed by atoms with Crippen LogP contribution >= 0.6 is 0 Å². The maximum absolute atomic E-state index is 5.26. The summed E-state index contributed by atoms with van der Waals surface area (Å²) in [6.45, 7) is 6.36. The van der Waals surface area contributed by atoms with Crippen LogP contribution in [0.25, 0.3) is 33.3 Å². The number of aromatic nitrogens is 4. The molecule has 0 aromatic carbocycles. The van der Waals surface area contributed by atoms with E-state index in [1.807, 2.05) is 31.5 Å². The highest BCUT2D eigenvalue weighted by Gasteiger charge is 2.12. The van der Waals surface area contributed by atoms with E-state index in [2.05, 4.69) is 52.0 Å². The summed E-state index contributed by atoms with van der Waals surface area (Å²) in [7, 11) is 1.62. The average molecular weight is 358 g/mol. The molecule has 0 aliphatic rings. The van der Waals surface area contributed by atoms with Crippen LogP contribution < -0.4 is 4.74 Å². The van der Waals surface area contributed by atoms with Gasteiger partial charge in [0.05, 0.1) is 7.11 Å². The van der Waals surface area contributed by atoms with Crippen molar-refractivity contribution in [2.24, 2.45) is 0 Å². The fourth-order valence-corrected chi connectivity index (χ4v) is 3.25. The number of H-pyrrole nitrogens is 1. The number of methoxy groups -OCH3 is 1. The van der Waals surface area contributed by atoms with Crippen molar-refractivity contribution >= 4 is 11.0 Å². The minimum atomic E-state index is 0.382. The minimum absolute atomic E-state index is 0.382. The van der Waals surface area contributed by atoms with Gasteiger partial charge in [0.2, 0.25) is 5.88 Å². The predicted octanol–water partition coefficient (Wildman–Crippen LogP) is 5.13. The van der Waals surface area contributed by atoms with Gasteiger partial charge >= 0.3 is 0 Å². The number of nitrogens with one attached hydrogen (secondary N) is 1. The predicted molar refractivity (Wildman–Crippen MR) is 108 cm³/mol. The normalized spacial score (nSPS) is 11.3. The lowest BCUT2D eigenvalue weighted by molar-refractivity contribution is 0.398. The van der Waals surface area contributed by atoms with Gasteiger partial charge in [-0.05, 0) is 48.2 Å². The molecule has 1 N–H and O–H groups in total. The molecule has 0 radical (unpaired) electrons. The molecular formula is C22H22N4O. The molecule has 4 aromatic heterocycles. The molecule has 0 aliphatic carbocycles. The van der Waals surface area contributed by atoms with Crippen LogP contribution in [0.2, 0.25) is 0 Å². The molecule has 4 aromatic rings. The van der Waals surface area contributed by atoms with Gasteiger partial charge in [0.15, 0.2) is 0 Å². The highest BCUT2D eigenvalue weighted by molar-refractivity contribution is 5.95. The summed E-state index contributed by atoms with van der Waals surface area (Å²) < 4.78 is 5.26. The number of aryl methyl sites for hydroxylation is 1. The first kappa shape index (κ1) is 17.2. The standard InChI is InChI=1S/C22H22N4O/c1-13(2)20-9-16(7-14(3)26-20)17-8-18-19(12-25-22(18)24-11-17)15-5-6-23-21(10-15)27-4/h5-13H,1-4H3,(H,24,25). The van der Waals surface area contributed by atoms with Crippen LogP contribution in [0.15, 0.2) is 48.9 Å². The zero-order chi connectivity index (χ0) is 19.0. The summed E-state index contributed by atoms with van der Waals surface area (Å²) in [6, 6.07) is 10.4. The fraction of sp³-hybridized carbons (Fsp3) is 0.227. The molecule has 0 atom stereocenters. The van der Waals surface area contributed by atoms with E-state index < -0.39 is 0 Å². The van der Waals surface area contributed by atoms with Crippen molar-refractivity contribution in [2.75, 3.05) is 7.11 Å². The molecule has 0 saturated carbocycles. The summed E-state index contributed by atoms with van der Waals surface area (Å²) in [5.41, 5.74) is 7.31. The molecule has 0 bridgehead atoms. The van der Waals surface area contributed by atoms with Crippen molar-refractivity contribution in [1.29, 1.82) is 0 Å². The van der Waals surface area contributed by atoms with Gasteiger partial charge in [-0.25, -0.2) is 9.97 Å². The molecule has 0 amide bonds. The Kier molecular flexibility index (Phi) is 4.36. The van der Waals surface area contributed by atoms with E-state index in [1.165, 1.54) is 0 Å². The summed E-state index contributed by atoms with van der Waals surface area (Å²) >= 11 is 0. The lowest BCUT2D eigenvalue weighted by Crippen LogP contribution is -1.96. The zero-order valence-corrected chi connectivity index (χ0v) is 15.9. The van der Waals surface area contributed by atoms with E-state index in [4.69, 9.17) is 4.74 Å². The molecule has 4 rings (SSSR count). The molecule has 0 saturated heterocycles. The Morgan fingerprint density at radius 3 is 2.63 bits per heavy atom. The number of hydrogen-bond acceptors (Lipinski definition) is 4. The van der Waals surface area contributed by atoms with Crippen LogP contribution in [-0.2, 0) is 0 Å². The van der Waals surface area contributed by atoms with Crippen molar-refractivity contribution in [1.82, 2.24) is 19.9 Å².